The van der Waals surface area contributed by atoms with E-state index in [0.717, 1.165) is 11.5 Å². The Labute approximate surface area is 190 Å². The van der Waals surface area contributed by atoms with Gasteiger partial charge in [0.1, 0.15) is 5.75 Å². The highest BCUT2D eigenvalue weighted by molar-refractivity contribution is 14.0. The predicted molar refractivity (Wildman–Crippen MR) is 129 cm³/mol. The Hall–Kier alpha value is -2.29. The van der Waals surface area contributed by atoms with Crippen molar-refractivity contribution in [3.63, 3.8) is 0 Å². The summed E-state index contributed by atoms with van der Waals surface area (Å²) in [6.45, 7) is 8.02. The van der Waals surface area contributed by atoms with E-state index < -0.39 is 0 Å². The van der Waals surface area contributed by atoms with E-state index in [-0.39, 0.29) is 36.5 Å². The lowest BCUT2D eigenvalue weighted by Crippen LogP contribution is -2.36. The molecule has 0 fully saturated rings. The van der Waals surface area contributed by atoms with Crippen LogP contribution in [0.5, 0.6) is 5.75 Å². The lowest BCUT2D eigenvalue weighted by Gasteiger charge is -2.14. The number of guanidine groups is 1. The summed E-state index contributed by atoms with van der Waals surface area (Å²) >= 11 is 0. The van der Waals surface area contributed by atoms with Crippen LogP contribution in [-0.2, 0) is 17.9 Å². The van der Waals surface area contributed by atoms with E-state index in [2.05, 4.69) is 53.0 Å². The zero-order valence-corrected chi connectivity index (χ0v) is 19.9. The van der Waals surface area contributed by atoms with Crippen molar-refractivity contribution in [1.29, 1.82) is 0 Å². The smallest absolute Gasteiger partial charge is 0.257 e. The zero-order chi connectivity index (χ0) is 20.4. The molecule has 0 heterocycles. The molecule has 2 aromatic rings. The van der Waals surface area contributed by atoms with E-state index in [0.29, 0.717) is 25.4 Å². The average molecular weight is 510 g/mol. The fourth-order valence-electron chi connectivity index (χ4n) is 2.77. The Kier molecular flexibility index (Phi) is 11.1. The van der Waals surface area contributed by atoms with Crippen molar-refractivity contribution in [2.75, 3.05) is 20.2 Å². The Bertz CT molecular complexity index is 824. The molecule has 2 rings (SSSR count). The third kappa shape index (κ3) is 8.72. The third-order valence-corrected chi connectivity index (χ3v) is 4.27. The molecule has 0 saturated carbocycles. The molecule has 0 spiro atoms. The van der Waals surface area contributed by atoms with Gasteiger partial charge < -0.3 is 20.7 Å². The summed E-state index contributed by atoms with van der Waals surface area (Å²) in [5.74, 6) is 1.28. The van der Waals surface area contributed by atoms with E-state index in [1.54, 1.807) is 7.05 Å². The summed E-state index contributed by atoms with van der Waals surface area (Å²) in [6.07, 6.45) is 0. The van der Waals surface area contributed by atoms with Gasteiger partial charge in [-0.2, -0.15) is 0 Å². The minimum Gasteiger partial charge on any atom is -0.484 e. The number of likely N-dealkylation sites (N-methyl/N-ethyl adjacent to an activating group) is 1. The van der Waals surface area contributed by atoms with Crippen molar-refractivity contribution in [3.8, 4) is 5.75 Å². The van der Waals surface area contributed by atoms with Crippen molar-refractivity contribution in [1.82, 2.24) is 16.0 Å². The zero-order valence-electron chi connectivity index (χ0n) is 17.5. The maximum absolute atomic E-state index is 11.5. The highest BCUT2D eigenvalue weighted by Gasteiger charge is 2.04. The lowest BCUT2D eigenvalue weighted by atomic mass is 10.1. The molecule has 0 aliphatic heterocycles. The molecule has 0 aliphatic rings. The van der Waals surface area contributed by atoms with Gasteiger partial charge in [-0.15, -0.1) is 24.0 Å². The van der Waals surface area contributed by atoms with Crippen LogP contribution in [0.3, 0.4) is 0 Å². The molecular formula is C22H31IN4O2. The number of hydrogen-bond donors (Lipinski definition) is 3. The molecular weight excluding hydrogens is 479 g/mol. The molecule has 2 aromatic carbocycles. The number of benzene rings is 2. The molecule has 0 aliphatic carbocycles. The van der Waals surface area contributed by atoms with Crippen LogP contribution in [0.1, 0.15) is 29.2 Å². The molecule has 6 nitrogen and oxygen atoms in total. The summed E-state index contributed by atoms with van der Waals surface area (Å²) in [5.41, 5.74) is 4.81. The van der Waals surface area contributed by atoms with Crippen LogP contribution < -0.4 is 20.7 Å². The second-order valence-corrected chi connectivity index (χ2v) is 6.60. The average Bonchev–Trinajstić information content (AvgIpc) is 2.68. The van der Waals surface area contributed by atoms with Gasteiger partial charge in [0, 0.05) is 26.7 Å². The number of halogens is 1. The van der Waals surface area contributed by atoms with Crippen LogP contribution in [0.15, 0.2) is 47.5 Å². The van der Waals surface area contributed by atoms with E-state index >= 15 is 0 Å². The number of carbonyl (C=O) groups is 1. The van der Waals surface area contributed by atoms with Gasteiger partial charge >= 0.3 is 0 Å². The number of rotatable bonds is 8. The largest absolute Gasteiger partial charge is 0.484 e. The third-order valence-electron chi connectivity index (χ3n) is 4.27. The molecule has 0 radical (unpaired) electrons. The van der Waals surface area contributed by atoms with E-state index in [9.17, 15) is 4.79 Å². The van der Waals surface area contributed by atoms with Gasteiger partial charge in [0.25, 0.3) is 5.91 Å². The van der Waals surface area contributed by atoms with Crippen LogP contribution in [0, 0.1) is 13.8 Å². The first kappa shape index (κ1) is 24.7. The number of carbonyl (C=O) groups excluding carboxylic acids is 1. The number of aliphatic imine (C=N–C) groups is 1. The van der Waals surface area contributed by atoms with Gasteiger partial charge in [-0.3, -0.25) is 9.79 Å². The highest BCUT2D eigenvalue weighted by Crippen LogP contribution is 2.13. The van der Waals surface area contributed by atoms with E-state index in [1.807, 2.05) is 31.2 Å². The first-order valence-electron chi connectivity index (χ1n) is 9.51. The predicted octanol–water partition coefficient (Wildman–Crippen LogP) is 3.30. The summed E-state index contributed by atoms with van der Waals surface area (Å²) in [6, 6.07) is 14.1. The molecule has 0 saturated heterocycles. The number of ether oxygens (including phenoxy) is 1. The maximum Gasteiger partial charge on any atom is 0.257 e. The van der Waals surface area contributed by atoms with Crippen LogP contribution >= 0.6 is 24.0 Å². The molecule has 29 heavy (non-hydrogen) atoms. The van der Waals surface area contributed by atoms with E-state index in [4.69, 9.17) is 4.74 Å². The fourth-order valence-corrected chi connectivity index (χ4v) is 2.77. The Balaban J connectivity index is 0.00000420. The van der Waals surface area contributed by atoms with Crippen LogP contribution in [0.2, 0.25) is 0 Å². The monoisotopic (exact) mass is 510 g/mol. The normalized spacial score (nSPS) is 10.7. The summed E-state index contributed by atoms with van der Waals surface area (Å²) in [7, 11) is 1.75. The number of nitrogens with zero attached hydrogens (tertiary/aromatic N) is 1. The van der Waals surface area contributed by atoms with Gasteiger partial charge in [-0.1, -0.05) is 35.9 Å². The molecule has 0 aromatic heterocycles. The van der Waals surface area contributed by atoms with Gasteiger partial charge in [-0.05, 0) is 49.6 Å². The molecule has 7 heteroatoms. The van der Waals surface area contributed by atoms with Gasteiger partial charge in [0.15, 0.2) is 12.6 Å². The second-order valence-electron chi connectivity index (χ2n) is 6.60. The lowest BCUT2D eigenvalue weighted by molar-refractivity contribution is -0.122. The molecule has 0 atom stereocenters. The van der Waals surface area contributed by atoms with Gasteiger partial charge in [0.2, 0.25) is 0 Å². The molecule has 1 amide bonds. The maximum atomic E-state index is 11.5. The molecule has 158 valence electrons. The van der Waals surface area contributed by atoms with Crippen molar-refractivity contribution in [2.45, 2.75) is 33.9 Å². The van der Waals surface area contributed by atoms with Gasteiger partial charge in [-0.25, -0.2) is 0 Å². The first-order valence-corrected chi connectivity index (χ1v) is 9.51. The fraction of sp³-hybridized carbons (Fsp3) is 0.364. The van der Waals surface area contributed by atoms with Crippen LogP contribution in [-0.4, -0.2) is 32.1 Å². The van der Waals surface area contributed by atoms with Gasteiger partial charge in [0.05, 0.1) is 0 Å². The van der Waals surface area contributed by atoms with Crippen LogP contribution in [0.4, 0.5) is 0 Å². The molecule has 0 bridgehead atoms. The number of hydrogen-bond acceptors (Lipinski definition) is 3. The Morgan fingerprint density at radius 2 is 1.79 bits per heavy atom. The van der Waals surface area contributed by atoms with E-state index in [1.165, 1.54) is 16.7 Å². The van der Waals surface area contributed by atoms with Crippen molar-refractivity contribution in [2.24, 2.45) is 4.99 Å². The molecule has 3 N–H and O–H groups in total. The summed E-state index contributed by atoms with van der Waals surface area (Å²) in [4.78, 5) is 15.8. The summed E-state index contributed by atoms with van der Waals surface area (Å²) in [5, 5.41) is 9.36. The highest BCUT2D eigenvalue weighted by atomic mass is 127. The minimum absolute atomic E-state index is 0. The quantitative estimate of drug-likeness (QED) is 0.290. The number of aryl methyl sites for hydroxylation is 2. The van der Waals surface area contributed by atoms with Crippen LogP contribution in [0.25, 0.3) is 0 Å². The molecule has 0 unspecified atom stereocenters. The van der Waals surface area contributed by atoms with Crippen molar-refractivity contribution in [3.05, 3.63) is 64.7 Å². The second kappa shape index (κ2) is 13.0. The summed E-state index contributed by atoms with van der Waals surface area (Å²) < 4.78 is 5.54. The van der Waals surface area contributed by atoms with Crippen molar-refractivity contribution >= 4 is 35.8 Å². The van der Waals surface area contributed by atoms with Crippen molar-refractivity contribution < 1.29 is 9.53 Å². The number of amides is 1. The standard InChI is InChI=1S/C22H30N4O2.HI/c1-5-24-21(27)15-28-20-8-6-7-18(12-20)13-25-22(23-4)26-14-19-10-9-16(2)11-17(19)3;/h6-12H,5,13-15H2,1-4H3,(H,24,27)(H2,23,25,26);1H. The Morgan fingerprint density at radius 1 is 1.03 bits per heavy atom. The minimum atomic E-state index is -0.123. The first-order chi connectivity index (χ1) is 13.5. The Morgan fingerprint density at radius 3 is 2.48 bits per heavy atom. The number of nitrogens with one attached hydrogen (secondary N) is 3. The SMILES string of the molecule is CCNC(=O)COc1cccc(CNC(=NC)NCc2ccc(C)cc2C)c1.I. The topological polar surface area (TPSA) is 74.8 Å².